The summed E-state index contributed by atoms with van der Waals surface area (Å²) in [7, 11) is 3.21. The average molecular weight is 294 g/mol. The van der Waals surface area contributed by atoms with Crippen molar-refractivity contribution in [2.75, 3.05) is 32.5 Å². The fourth-order valence-electron chi connectivity index (χ4n) is 1.66. The number of nitro groups is 1. The number of amides is 2. The first-order valence-corrected chi connectivity index (χ1v) is 6.31. The lowest BCUT2D eigenvalue weighted by Crippen LogP contribution is -2.26. The molecular weight excluding hydrogens is 276 g/mol. The van der Waals surface area contributed by atoms with Crippen LogP contribution < -0.4 is 10.6 Å². The van der Waals surface area contributed by atoms with Crippen molar-refractivity contribution < 1.29 is 14.5 Å². The van der Waals surface area contributed by atoms with Crippen LogP contribution in [0.4, 0.5) is 11.4 Å². The molecule has 0 saturated carbocycles. The fraction of sp³-hybridized carbons (Fsp3) is 0.385. The Labute approximate surface area is 122 Å². The number of nitrogens with one attached hydrogen (secondary N) is 2. The van der Waals surface area contributed by atoms with Crippen molar-refractivity contribution in [2.45, 2.75) is 6.92 Å². The molecule has 0 aliphatic carbocycles. The van der Waals surface area contributed by atoms with Crippen LogP contribution in [0.1, 0.15) is 17.3 Å². The summed E-state index contributed by atoms with van der Waals surface area (Å²) >= 11 is 0. The molecule has 0 aliphatic rings. The lowest BCUT2D eigenvalue weighted by Gasteiger charge is -2.12. The summed E-state index contributed by atoms with van der Waals surface area (Å²) in [6, 6.07) is 4.14. The SMILES string of the molecule is CC(=O)NCCNc1cc(C(=O)N(C)C)ccc1[N+](=O)[O-]. The molecule has 0 atom stereocenters. The summed E-state index contributed by atoms with van der Waals surface area (Å²) in [6.45, 7) is 2.04. The molecule has 1 aromatic rings. The Morgan fingerprint density at radius 1 is 1.29 bits per heavy atom. The molecule has 0 aromatic heterocycles. The highest BCUT2D eigenvalue weighted by atomic mass is 16.6. The zero-order chi connectivity index (χ0) is 16.0. The standard InChI is InChI=1S/C13H18N4O4/c1-9(18)14-6-7-15-11-8-10(13(19)16(2)3)4-5-12(11)17(20)21/h4-5,8,15H,6-7H2,1-3H3,(H,14,18). The van der Waals surface area contributed by atoms with Crippen molar-refractivity contribution in [3.8, 4) is 0 Å². The number of nitrogens with zero attached hydrogens (tertiary/aromatic N) is 2. The second-order valence-electron chi connectivity index (χ2n) is 4.60. The van der Waals surface area contributed by atoms with Crippen LogP contribution in [0.25, 0.3) is 0 Å². The lowest BCUT2D eigenvalue weighted by molar-refractivity contribution is -0.384. The average Bonchev–Trinajstić information content (AvgIpc) is 2.42. The zero-order valence-electron chi connectivity index (χ0n) is 12.2. The Morgan fingerprint density at radius 2 is 1.95 bits per heavy atom. The predicted molar refractivity (Wildman–Crippen MR) is 78.3 cm³/mol. The maximum atomic E-state index is 11.9. The maximum Gasteiger partial charge on any atom is 0.292 e. The molecule has 0 bridgehead atoms. The number of nitro benzene ring substituents is 1. The molecule has 0 saturated heterocycles. The summed E-state index contributed by atoms with van der Waals surface area (Å²) in [4.78, 5) is 34.5. The molecule has 2 N–H and O–H groups in total. The van der Waals surface area contributed by atoms with Gasteiger partial charge in [-0.25, -0.2) is 0 Å². The molecule has 21 heavy (non-hydrogen) atoms. The minimum atomic E-state index is -0.523. The molecule has 1 aromatic carbocycles. The maximum absolute atomic E-state index is 11.9. The molecule has 2 amide bonds. The summed E-state index contributed by atoms with van der Waals surface area (Å²) in [5.41, 5.74) is 0.485. The number of anilines is 1. The monoisotopic (exact) mass is 294 g/mol. The van der Waals surface area contributed by atoms with Gasteiger partial charge in [-0.3, -0.25) is 19.7 Å². The van der Waals surface area contributed by atoms with Gasteiger partial charge in [-0.15, -0.1) is 0 Å². The van der Waals surface area contributed by atoms with Crippen molar-refractivity contribution in [2.24, 2.45) is 0 Å². The summed E-state index contributed by atoms with van der Waals surface area (Å²) in [6.07, 6.45) is 0. The van der Waals surface area contributed by atoms with Crippen LogP contribution in [0.5, 0.6) is 0 Å². The first-order valence-electron chi connectivity index (χ1n) is 6.31. The number of carbonyl (C=O) groups excluding carboxylic acids is 2. The van der Waals surface area contributed by atoms with E-state index in [4.69, 9.17) is 0 Å². The fourth-order valence-corrected chi connectivity index (χ4v) is 1.66. The second kappa shape index (κ2) is 7.22. The van der Waals surface area contributed by atoms with E-state index in [1.807, 2.05) is 0 Å². The van der Waals surface area contributed by atoms with Gasteiger partial charge in [0.1, 0.15) is 5.69 Å². The van der Waals surface area contributed by atoms with Gasteiger partial charge in [0.15, 0.2) is 0 Å². The van der Waals surface area contributed by atoms with Gasteiger partial charge in [0, 0.05) is 45.7 Å². The van der Waals surface area contributed by atoms with Gasteiger partial charge >= 0.3 is 0 Å². The van der Waals surface area contributed by atoms with Crippen LogP contribution in [0, 0.1) is 10.1 Å². The summed E-state index contributed by atoms with van der Waals surface area (Å²) in [5, 5.41) is 16.4. The van der Waals surface area contributed by atoms with E-state index < -0.39 is 4.92 Å². The van der Waals surface area contributed by atoms with Gasteiger partial charge in [0.25, 0.3) is 11.6 Å². The number of hydrogen-bond acceptors (Lipinski definition) is 5. The van der Waals surface area contributed by atoms with Gasteiger partial charge in [0.05, 0.1) is 4.92 Å². The third kappa shape index (κ3) is 4.75. The van der Waals surface area contributed by atoms with E-state index in [-0.39, 0.29) is 23.2 Å². The normalized spacial score (nSPS) is 9.86. The zero-order valence-corrected chi connectivity index (χ0v) is 12.2. The Morgan fingerprint density at radius 3 is 2.48 bits per heavy atom. The molecule has 8 heteroatoms. The van der Waals surface area contributed by atoms with Crippen LogP contribution in [-0.2, 0) is 4.79 Å². The molecule has 0 unspecified atom stereocenters. The summed E-state index contributed by atoms with van der Waals surface area (Å²) < 4.78 is 0. The largest absolute Gasteiger partial charge is 0.378 e. The van der Waals surface area contributed by atoms with Crippen molar-refractivity contribution >= 4 is 23.2 Å². The van der Waals surface area contributed by atoms with Crippen LogP contribution in [-0.4, -0.2) is 48.8 Å². The molecule has 0 spiro atoms. The van der Waals surface area contributed by atoms with Crippen LogP contribution >= 0.6 is 0 Å². The minimum Gasteiger partial charge on any atom is -0.378 e. The van der Waals surface area contributed by atoms with Crippen LogP contribution in [0.2, 0.25) is 0 Å². The second-order valence-corrected chi connectivity index (χ2v) is 4.60. The molecular formula is C13H18N4O4. The number of rotatable bonds is 6. The Hall–Kier alpha value is -2.64. The van der Waals surface area contributed by atoms with E-state index in [2.05, 4.69) is 10.6 Å². The van der Waals surface area contributed by atoms with Crippen molar-refractivity contribution in [1.29, 1.82) is 0 Å². The van der Waals surface area contributed by atoms with E-state index in [9.17, 15) is 19.7 Å². The first kappa shape index (κ1) is 16.4. The Balaban J connectivity index is 2.91. The quantitative estimate of drug-likeness (QED) is 0.459. The third-order valence-corrected chi connectivity index (χ3v) is 2.66. The van der Waals surface area contributed by atoms with Gasteiger partial charge in [0.2, 0.25) is 5.91 Å². The molecule has 114 valence electrons. The van der Waals surface area contributed by atoms with Crippen LogP contribution in [0.3, 0.4) is 0 Å². The highest BCUT2D eigenvalue weighted by Crippen LogP contribution is 2.25. The third-order valence-electron chi connectivity index (χ3n) is 2.66. The van der Waals surface area contributed by atoms with Gasteiger partial charge in [-0.05, 0) is 12.1 Å². The first-order chi connectivity index (χ1) is 9.82. The van der Waals surface area contributed by atoms with Crippen molar-refractivity contribution in [3.63, 3.8) is 0 Å². The van der Waals surface area contributed by atoms with Gasteiger partial charge < -0.3 is 15.5 Å². The molecule has 0 aliphatic heterocycles. The van der Waals surface area contributed by atoms with Gasteiger partial charge in [-0.1, -0.05) is 0 Å². The molecule has 0 radical (unpaired) electrons. The summed E-state index contributed by atoms with van der Waals surface area (Å²) in [5.74, 6) is -0.419. The Kier molecular flexibility index (Phi) is 5.65. The predicted octanol–water partition coefficient (Wildman–Crippen LogP) is 0.845. The van der Waals surface area contributed by atoms with Crippen molar-refractivity contribution in [1.82, 2.24) is 10.2 Å². The van der Waals surface area contributed by atoms with E-state index in [0.717, 1.165) is 0 Å². The van der Waals surface area contributed by atoms with Gasteiger partial charge in [-0.2, -0.15) is 0 Å². The number of hydrogen-bond donors (Lipinski definition) is 2. The number of benzene rings is 1. The molecule has 0 heterocycles. The Bertz CT molecular complexity index is 557. The van der Waals surface area contributed by atoms with E-state index in [1.165, 1.54) is 30.0 Å². The topological polar surface area (TPSA) is 105 Å². The molecule has 0 fully saturated rings. The van der Waals surface area contributed by atoms with Crippen molar-refractivity contribution in [3.05, 3.63) is 33.9 Å². The smallest absolute Gasteiger partial charge is 0.292 e. The molecule has 8 nitrogen and oxygen atoms in total. The molecule has 1 rings (SSSR count). The highest BCUT2D eigenvalue weighted by molar-refractivity contribution is 5.95. The van der Waals surface area contributed by atoms with E-state index in [0.29, 0.717) is 18.7 Å². The number of carbonyl (C=O) groups is 2. The van der Waals surface area contributed by atoms with E-state index >= 15 is 0 Å². The highest BCUT2D eigenvalue weighted by Gasteiger charge is 2.17. The van der Waals surface area contributed by atoms with E-state index in [1.54, 1.807) is 14.1 Å². The van der Waals surface area contributed by atoms with Crippen LogP contribution in [0.15, 0.2) is 18.2 Å². The lowest BCUT2D eigenvalue weighted by atomic mass is 10.1. The minimum absolute atomic E-state index is 0.117.